The molecule has 0 bridgehead atoms. The number of carboxylic acid groups (broad SMARTS) is 1. The first-order valence-corrected chi connectivity index (χ1v) is 6.15. The summed E-state index contributed by atoms with van der Waals surface area (Å²) in [6.45, 7) is 0.884. The van der Waals surface area contributed by atoms with Gasteiger partial charge in [0.05, 0.1) is 12.0 Å². The van der Waals surface area contributed by atoms with Crippen molar-refractivity contribution >= 4 is 21.9 Å². The molecule has 2 rings (SSSR count). The van der Waals surface area contributed by atoms with E-state index < -0.39 is 11.5 Å². The summed E-state index contributed by atoms with van der Waals surface area (Å²) in [5.74, 6) is -0.759. The smallest absolute Gasteiger partial charge is 0.305 e. The number of benzene rings is 1. The van der Waals surface area contributed by atoms with Crippen molar-refractivity contribution in [3.8, 4) is 0 Å². The molecule has 1 atom stereocenters. The van der Waals surface area contributed by atoms with Crippen LogP contribution in [-0.2, 0) is 10.3 Å². The molecule has 1 aromatic rings. The lowest BCUT2D eigenvalue weighted by molar-refractivity contribution is -0.138. The predicted octanol–water partition coefficient (Wildman–Crippen LogP) is 2.50. The number of carbonyl (C=O) groups is 1. The molecule has 1 saturated heterocycles. The summed E-state index contributed by atoms with van der Waals surface area (Å²) in [5.41, 5.74) is 0.654. The van der Waals surface area contributed by atoms with Crippen LogP contribution in [0.25, 0.3) is 0 Å². The first-order chi connectivity index (χ1) is 7.64. The zero-order valence-electron chi connectivity index (χ0n) is 8.87. The molecule has 86 valence electrons. The van der Waals surface area contributed by atoms with E-state index in [-0.39, 0.29) is 6.42 Å². The van der Waals surface area contributed by atoms with E-state index in [1.165, 1.54) is 0 Å². The van der Waals surface area contributed by atoms with Gasteiger partial charge < -0.3 is 10.4 Å². The Balaban J connectivity index is 2.39. The van der Waals surface area contributed by atoms with Gasteiger partial charge in [0, 0.05) is 4.47 Å². The molecule has 1 unspecified atom stereocenters. The highest BCUT2D eigenvalue weighted by atomic mass is 79.9. The quantitative estimate of drug-likeness (QED) is 0.896. The van der Waals surface area contributed by atoms with E-state index in [0.717, 1.165) is 29.4 Å². The number of nitrogens with one attached hydrogen (secondary N) is 1. The second-order valence-corrected chi connectivity index (χ2v) is 5.02. The number of hydrogen-bond acceptors (Lipinski definition) is 2. The van der Waals surface area contributed by atoms with E-state index in [9.17, 15) is 4.79 Å². The molecule has 1 aromatic carbocycles. The summed E-state index contributed by atoms with van der Waals surface area (Å²) in [4.78, 5) is 11.0. The van der Waals surface area contributed by atoms with Crippen molar-refractivity contribution in [2.45, 2.75) is 24.8 Å². The average molecular weight is 284 g/mol. The second-order valence-electron chi connectivity index (χ2n) is 4.16. The average Bonchev–Trinajstić information content (AvgIpc) is 2.67. The SMILES string of the molecule is O=C(O)CC1(c2ccccc2Br)CCCN1. The van der Waals surface area contributed by atoms with E-state index >= 15 is 0 Å². The maximum absolute atomic E-state index is 11.0. The van der Waals surface area contributed by atoms with Crippen LogP contribution >= 0.6 is 15.9 Å². The van der Waals surface area contributed by atoms with Crippen molar-refractivity contribution < 1.29 is 9.90 Å². The molecule has 4 heteroatoms. The van der Waals surface area contributed by atoms with Crippen molar-refractivity contribution in [2.75, 3.05) is 6.54 Å². The topological polar surface area (TPSA) is 49.3 Å². The fourth-order valence-corrected chi connectivity index (χ4v) is 3.05. The molecule has 2 N–H and O–H groups in total. The van der Waals surface area contributed by atoms with Gasteiger partial charge in [0.1, 0.15) is 0 Å². The van der Waals surface area contributed by atoms with E-state index in [1.54, 1.807) is 0 Å². The summed E-state index contributed by atoms with van der Waals surface area (Å²) in [6.07, 6.45) is 2.03. The van der Waals surface area contributed by atoms with Gasteiger partial charge in [-0.3, -0.25) is 4.79 Å². The van der Waals surface area contributed by atoms with Crippen LogP contribution in [0.1, 0.15) is 24.8 Å². The monoisotopic (exact) mass is 283 g/mol. The molecule has 1 aliphatic heterocycles. The van der Waals surface area contributed by atoms with E-state index in [2.05, 4.69) is 21.2 Å². The fourth-order valence-electron chi connectivity index (χ4n) is 2.39. The van der Waals surface area contributed by atoms with Crippen molar-refractivity contribution in [1.82, 2.24) is 5.32 Å². The molecule has 0 amide bonds. The maximum Gasteiger partial charge on any atom is 0.305 e. The Morgan fingerprint density at radius 2 is 2.25 bits per heavy atom. The molecule has 0 aliphatic carbocycles. The van der Waals surface area contributed by atoms with Crippen LogP contribution in [0, 0.1) is 0 Å². The minimum atomic E-state index is -0.759. The third kappa shape index (κ3) is 2.13. The molecule has 1 fully saturated rings. The highest BCUT2D eigenvalue weighted by Crippen LogP contribution is 2.37. The van der Waals surface area contributed by atoms with Crippen LogP contribution in [0.3, 0.4) is 0 Å². The lowest BCUT2D eigenvalue weighted by Crippen LogP contribution is -2.39. The molecule has 0 aromatic heterocycles. The Kier molecular flexibility index (Phi) is 3.30. The molecule has 1 aliphatic rings. The minimum absolute atomic E-state index is 0.135. The summed E-state index contributed by atoms with van der Waals surface area (Å²) in [5, 5.41) is 12.4. The first kappa shape index (κ1) is 11.6. The van der Waals surface area contributed by atoms with Crippen LogP contribution < -0.4 is 5.32 Å². The third-order valence-electron chi connectivity index (χ3n) is 3.09. The van der Waals surface area contributed by atoms with Gasteiger partial charge >= 0.3 is 5.97 Å². The van der Waals surface area contributed by atoms with Crippen LogP contribution in [0.2, 0.25) is 0 Å². The Hall–Kier alpha value is -0.870. The normalized spacial score (nSPS) is 24.6. The number of aliphatic carboxylic acids is 1. The lowest BCUT2D eigenvalue weighted by Gasteiger charge is -2.29. The molecule has 0 spiro atoms. The zero-order valence-corrected chi connectivity index (χ0v) is 10.5. The van der Waals surface area contributed by atoms with Gasteiger partial charge in [0.15, 0.2) is 0 Å². The molecular weight excluding hydrogens is 270 g/mol. The number of carboxylic acids is 1. The highest BCUT2D eigenvalue weighted by molar-refractivity contribution is 9.10. The largest absolute Gasteiger partial charge is 0.481 e. The Morgan fingerprint density at radius 1 is 1.50 bits per heavy atom. The second kappa shape index (κ2) is 4.55. The van der Waals surface area contributed by atoms with Crippen molar-refractivity contribution in [3.63, 3.8) is 0 Å². The lowest BCUT2D eigenvalue weighted by atomic mass is 9.85. The van der Waals surface area contributed by atoms with Gasteiger partial charge in [0.25, 0.3) is 0 Å². The van der Waals surface area contributed by atoms with Crippen LogP contribution in [0.5, 0.6) is 0 Å². The van der Waals surface area contributed by atoms with Crippen LogP contribution in [-0.4, -0.2) is 17.6 Å². The Labute approximate surface area is 103 Å². The highest BCUT2D eigenvalue weighted by Gasteiger charge is 2.38. The number of halogens is 1. The third-order valence-corrected chi connectivity index (χ3v) is 3.78. The summed E-state index contributed by atoms with van der Waals surface area (Å²) in [7, 11) is 0. The number of hydrogen-bond donors (Lipinski definition) is 2. The fraction of sp³-hybridized carbons (Fsp3) is 0.417. The van der Waals surface area contributed by atoms with Gasteiger partial charge in [-0.1, -0.05) is 34.1 Å². The van der Waals surface area contributed by atoms with E-state index in [0.29, 0.717) is 0 Å². The Bertz CT molecular complexity index is 400. The zero-order chi connectivity index (χ0) is 11.6. The predicted molar refractivity (Wildman–Crippen MR) is 65.3 cm³/mol. The minimum Gasteiger partial charge on any atom is -0.481 e. The molecule has 16 heavy (non-hydrogen) atoms. The molecule has 1 heterocycles. The Morgan fingerprint density at radius 3 is 2.81 bits per heavy atom. The molecule has 0 radical (unpaired) electrons. The van der Waals surface area contributed by atoms with Gasteiger partial charge in [0.2, 0.25) is 0 Å². The summed E-state index contributed by atoms with van der Waals surface area (Å²) >= 11 is 3.50. The van der Waals surface area contributed by atoms with Gasteiger partial charge in [-0.2, -0.15) is 0 Å². The molecule has 3 nitrogen and oxygen atoms in total. The maximum atomic E-state index is 11.0. The number of rotatable bonds is 3. The molecule has 0 saturated carbocycles. The van der Waals surface area contributed by atoms with Crippen LogP contribution in [0.15, 0.2) is 28.7 Å². The van der Waals surface area contributed by atoms with Crippen LogP contribution in [0.4, 0.5) is 0 Å². The molecular formula is C12H14BrNO2. The van der Waals surface area contributed by atoms with Gasteiger partial charge in [-0.05, 0) is 31.0 Å². The van der Waals surface area contributed by atoms with Gasteiger partial charge in [-0.15, -0.1) is 0 Å². The van der Waals surface area contributed by atoms with E-state index in [1.807, 2.05) is 24.3 Å². The van der Waals surface area contributed by atoms with Crippen molar-refractivity contribution in [2.24, 2.45) is 0 Å². The van der Waals surface area contributed by atoms with Crippen molar-refractivity contribution in [3.05, 3.63) is 34.3 Å². The van der Waals surface area contributed by atoms with Crippen molar-refractivity contribution in [1.29, 1.82) is 0 Å². The first-order valence-electron chi connectivity index (χ1n) is 5.36. The summed E-state index contributed by atoms with van der Waals surface area (Å²) < 4.78 is 0.977. The van der Waals surface area contributed by atoms with E-state index in [4.69, 9.17) is 5.11 Å². The summed E-state index contributed by atoms with van der Waals surface area (Å²) in [6, 6.07) is 7.84. The van der Waals surface area contributed by atoms with Gasteiger partial charge in [-0.25, -0.2) is 0 Å². The standard InChI is InChI=1S/C12H14BrNO2/c13-10-5-2-1-4-9(10)12(8-11(15)16)6-3-7-14-12/h1-2,4-5,14H,3,6-8H2,(H,15,16).